The summed E-state index contributed by atoms with van der Waals surface area (Å²) >= 11 is 1.75. The molecule has 0 saturated carbocycles. The molecule has 1 aromatic carbocycles. The lowest BCUT2D eigenvalue weighted by atomic mass is 9.79. The summed E-state index contributed by atoms with van der Waals surface area (Å²) in [6, 6.07) is 10.9. The predicted molar refractivity (Wildman–Crippen MR) is 116 cm³/mol. The first-order valence-corrected chi connectivity index (χ1v) is 10.4. The van der Waals surface area contributed by atoms with Crippen molar-refractivity contribution in [3.63, 3.8) is 0 Å². The second-order valence-corrected chi connectivity index (χ2v) is 10.1. The minimum Gasteiger partial charge on any atom is -0.367 e. The molecule has 0 bridgehead atoms. The molecule has 142 valence electrons. The highest BCUT2D eigenvalue weighted by Crippen LogP contribution is 2.41. The van der Waals surface area contributed by atoms with Crippen LogP contribution in [0.5, 0.6) is 0 Å². The van der Waals surface area contributed by atoms with Gasteiger partial charge in [-0.3, -0.25) is 0 Å². The number of hydrogen-bond donors (Lipinski definition) is 2. The van der Waals surface area contributed by atoms with Gasteiger partial charge in [-0.2, -0.15) is 0 Å². The van der Waals surface area contributed by atoms with Crippen LogP contribution in [0.1, 0.15) is 45.4 Å². The maximum atomic E-state index is 4.66. The van der Waals surface area contributed by atoms with Crippen molar-refractivity contribution in [2.75, 3.05) is 5.32 Å². The summed E-state index contributed by atoms with van der Waals surface area (Å²) in [5, 5.41) is 8.68. The van der Waals surface area contributed by atoms with Gasteiger partial charge >= 0.3 is 0 Å². The molecular formula is C22H28N4S. The lowest BCUT2D eigenvalue weighted by Gasteiger charge is -2.46. The zero-order valence-corrected chi connectivity index (χ0v) is 17.6. The molecule has 0 aliphatic carbocycles. The van der Waals surface area contributed by atoms with E-state index in [1.54, 1.807) is 17.7 Å². The summed E-state index contributed by atoms with van der Waals surface area (Å²) in [4.78, 5) is 11.5. The van der Waals surface area contributed by atoms with E-state index in [1.165, 1.54) is 16.0 Å². The van der Waals surface area contributed by atoms with Gasteiger partial charge in [0.05, 0.1) is 5.39 Å². The van der Waals surface area contributed by atoms with E-state index < -0.39 is 0 Å². The van der Waals surface area contributed by atoms with Crippen LogP contribution < -0.4 is 10.6 Å². The molecule has 4 nitrogen and oxygen atoms in total. The summed E-state index contributed by atoms with van der Waals surface area (Å²) in [5.41, 5.74) is 2.67. The van der Waals surface area contributed by atoms with Crippen molar-refractivity contribution in [1.29, 1.82) is 0 Å². The van der Waals surface area contributed by atoms with Crippen molar-refractivity contribution in [2.45, 2.75) is 64.6 Å². The molecule has 1 aliphatic heterocycles. The average molecular weight is 381 g/mol. The first-order valence-electron chi connectivity index (χ1n) is 9.59. The third kappa shape index (κ3) is 3.71. The van der Waals surface area contributed by atoms with E-state index in [1.807, 2.05) is 0 Å². The topological polar surface area (TPSA) is 49.8 Å². The molecular weight excluding hydrogens is 352 g/mol. The van der Waals surface area contributed by atoms with Crippen molar-refractivity contribution in [3.05, 3.63) is 41.5 Å². The summed E-state index contributed by atoms with van der Waals surface area (Å²) in [7, 11) is 0. The molecule has 3 heterocycles. The lowest BCUT2D eigenvalue weighted by Crippen LogP contribution is -2.60. The number of anilines is 1. The van der Waals surface area contributed by atoms with Gasteiger partial charge in [-0.25, -0.2) is 9.97 Å². The molecule has 0 spiro atoms. The first-order chi connectivity index (χ1) is 12.7. The van der Waals surface area contributed by atoms with Crippen molar-refractivity contribution in [1.82, 2.24) is 15.3 Å². The molecule has 4 rings (SSSR count). The molecule has 0 unspecified atom stereocenters. The van der Waals surface area contributed by atoms with Gasteiger partial charge in [-0.05, 0) is 53.0 Å². The van der Waals surface area contributed by atoms with Gasteiger partial charge in [0.2, 0.25) is 0 Å². The van der Waals surface area contributed by atoms with Gasteiger partial charge in [-0.15, -0.1) is 11.3 Å². The number of aromatic nitrogens is 2. The van der Waals surface area contributed by atoms with Crippen molar-refractivity contribution in [2.24, 2.45) is 0 Å². The second kappa shape index (κ2) is 6.57. The smallest absolute Gasteiger partial charge is 0.139 e. The Morgan fingerprint density at radius 2 is 1.70 bits per heavy atom. The van der Waals surface area contributed by atoms with Crippen LogP contribution in [0.4, 0.5) is 5.82 Å². The van der Waals surface area contributed by atoms with Crippen molar-refractivity contribution >= 4 is 27.4 Å². The van der Waals surface area contributed by atoms with Gasteiger partial charge in [0.15, 0.2) is 0 Å². The molecule has 0 amide bonds. The van der Waals surface area contributed by atoms with Gasteiger partial charge in [-0.1, -0.05) is 30.3 Å². The molecule has 2 aromatic heterocycles. The Hall–Kier alpha value is -1.98. The monoisotopic (exact) mass is 380 g/mol. The summed E-state index contributed by atoms with van der Waals surface area (Å²) in [6.07, 6.45) is 3.81. The second-order valence-electron chi connectivity index (χ2n) is 8.94. The number of fused-ring (bicyclic) bond motifs is 1. The third-order valence-electron chi connectivity index (χ3n) is 5.26. The zero-order chi connectivity index (χ0) is 19.2. The Bertz CT molecular complexity index is 943. The van der Waals surface area contributed by atoms with E-state index in [0.29, 0.717) is 6.04 Å². The Balaban J connectivity index is 1.77. The molecule has 27 heavy (non-hydrogen) atoms. The van der Waals surface area contributed by atoms with E-state index >= 15 is 0 Å². The fraction of sp³-hybridized carbons (Fsp3) is 0.455. The van der Waals surface area contributed by atoms with Crippen molar-refractivity contribution < 1.29 is 0 Å². The Morgan fingerprint density at radius 1 is 1.04 bits per heavy atom. The van der Waals surface area contributed by atoms with Crippen molar-refractivity contribution in [3.8, 4) is 11.1 Å². The average Bonchev–Trinajstić information content (AvgIpc) is 2.89. The predicted octanol–water partition coefficient (Wildman–Crippen LogP) is 5.39. The Kier molecular flexibility index (Phi) is 4.47. The van der Waals surface area contributed by atoms with Crippen LogP contribution in [-0.2, 0) is 0 Å². The van der Waals surface area contributed by atoms with Crippen LogP contribution in [0.3, 0.4) is 0 Å². The quantitative estimate of drug-likeness (QED) is 0.640. The maximum absolute atomic E-state index is 4.66. The van der Waals surface area contributed by atoms with Gasteiger partial charge in [0.25, 0.3) is 0 Å². The van der Waals surface area contributed by atoms with Gasteiger partial charge in [0, 0.05) is 27.6 Å². The summed E-state index contributed by atoms with van der Waals surface area (Å²) in [5.74, 6) is 0.960. The van der Waals surface area contributed by atoms with Gasteiger partial charge < -0.3 is 10.6 Å². The largest absolute Gasteiger partial charge is 0.367 e. The number of nitrogens with zero attached hydrogens (tertiary/aromatic N) is 2. The zero-order valence-electron chi connectivity index (χ0n) is 16.8. The highest BCUT2D eigenvalue weighted by molar-refractivity contribution is 7.19. The number of nitrogens with one attached hydrogen (secondary N) is 2. The van der Waals surface area contributed by atoms with E-state index in [9.17, 15) is 0 Å². The van der Waals surface area contributed by atoms with Crippen LogP contribution in [0, 0.1) is 6.92 Å². The standard InChI is InChI=1S/C22H28N4S/c1-14-17(15-9-7-6-8-10-15)18-19(23-13-24-20(18)27-14)25-16-11-21(2,3)26-22(4,5)12-16/h6-10,13,16,26H,11-12H2,1-5H3,(H,23,24,25). The molecule has 0 radical (unpaired) electrons. The number of aryl methyl sites for hydroxylation is 1. The fourth-order valence-corrected chi connectivity index (χ4v) is 5.74. The molecule has 2 N–H and O–H groups in total. The molecule has 1 aliphatic rings. The van der Waals surface area contributed by atoms with E-state index in [2.05, 4.69) is 85.6 Å². The Morgan fingerprint density at radius 3 is 2.37 bits per heavy atom. The number of benzene rings is 1. The minimum absolute atomic E-state index is 0.0956. The molecule has 1 saturated heterocycles. The Labute approximate surface area is 165 Å². The van der Waals surface area contributed by atoms with Crippen LogP contribution >= 0.6 is 11.3 Å². The number of piperidine rings is 1. The first kappa shape index (κ1) is 18.4. The lowest BCUT2D eigenvalue weighted by molar-refractivity contribution is 0.170. The minimum atomic E-state index is 0.0956. The highest BCUT2D eigenvalue weighted by atomic mass is 32.1. The molecule has 3 aromatic rings. The molecule has 0 atom stereocenters. The number of thiophene rings is 1. The van der Waals surface area contributed by atoms with Gasteiger partial charge in [0.1, 0.15) is 17.0 Å². The van der Waals surface area contributed by atoms with E-state index in [4.69, 9.17) is 0 Å². The number of hydrogen-bond acceptors (Lipinski definition) is 5. The summed E-state index contributed by atoms with van der Waals surface area (Å²) in [6.45, 7) is 11.3. The van der Waals surface area contributed by atoms with E-state index in [-0.39, 0.29) is 11.1 Å². The number of rotatable bonds is 3. The van der Waals surface area contributed by atoms with Crippen LogP contribution in [0.15, 0.2) is 36.7 Å². The van der Waals surface area contributed by atoms with E-state index in [0.717, 1.165) is 28.9 Å². The SMILES string of the molecule is Cc1sc2ncnc(NC3CC(C)(C)NC(C)(C)C3)c2c1-c1ccccc1. The normalized spacial score (nSPS) is 19.3. The van der Waals surface area contributed by atoms with Crippen LogP contribution in [0.2, 0.25) is 0 Å². The molecule has 5 heteroatoms. The van der Waals surface area contributed by atoms with Crippen LogP contribution in [-0.4, -0.2) is 27.1 Å². The fourth-order valence-electron chi connectivity index (χ4n) is 4.72. The molecule has 1 fully saturated rings. The maximum Gasteiger partial charge on any atom is 0.139 e. The highest BCUT2D eigenvalue weighted by Gasteiger charge is 2.38. The third-order valence-corrected chi connectivity index (χ3v) is 6.27. The summed E-state index contributed by atoms with van der Waals surface area (Å²) < 4.78 is 0. The van der Waals surface area contributed by atoms with Crippen LogP contribution in [0.25, 0.3) is 21.3 Å².